The van der Waals surface area contributed by atoms with E-state index in [0.29, 0.717) is 33.9 Å². The van der Waals surface area contributed by atoms with Crippen molar-refractivity contribution in [3.05, 3.63) is 88.5 Å². The van der Waals surface area contributed by atoms with E-state index in [1.807, 2.05) is 26.8 Å². The number of ether oxygens (including phenoxy) is 2. The van der Waals surface area contributed by atoms with Gasteiger partial charge in [0.25, 0.3) is 11.7 Å². The lowest BCUT2D eigenvalue weighted by atomic mass is 9.91. The quantitative estimate of drug-likeness (QED) is 0.272. The number of hydrogen-bond acceptors (Lipinski definition) is 6. The van der Waals surface area contributed by atoms with Crippen molar-refractivity contribution in [1.29, 1.82) is 0 Å². The molecule has 7 nitrogen and oxygen atoms in total. The molecule has 0 bridgehead atoms. The fourth-order valence-corrected chi connectivity index (χ4v) is 4.60. The summed E-state index contributed by atoms with van der Waals surface area (Å²) >= 11 is 0. The van der Waals surface area contributed by atoms with E-state index in [-0.39, 0.29) is 23.0 Å². The Morgan fingerprint density at radius 3 is 2.33 bits per heavy atom. The molecule has 4 rings (SSSR count). The molecule has 0 spiro atoms. The summed E-state index contributed by atoms with van der Waals surface area (Å²) in [5, 5.41) is 21.8. The first kappa shape index (κ1) is 24.9. The lowest BCUT2D eigenvalue weighted by Gasteiger charge is -2.26. The Morgan fingerprint density at radius 1 is 0.972 bits per heavy atom. The maximum Gasteiger partial charge on any atom is 0.300 e. The van der Waals surface area contributed by atoms with Crippen molar-refractivity contribution in [2.24, 2.45) is 0 Å². The summed E-state index contributed by atoms with van der Waals surface area (Å²) in [6.45, 7) is 5.82. The normalized spacial score (nSPS) is 17.1. The van der Waals surface area contributed by atoms with Crippen LogP contribution in [0.2, 0.25) is 0 Å². The molecule has 0 radical (unpaired) electrons. The van der Waals surface area contributed by atoms with Crippen LogP contribution in [-0.4, -0.2) is 36.1 Å². The van der Waals surface area contributed by atoms with Crippen LogP contribution >= 0.6 is 0 Å². The summed E-state index contributed by atoms with van der Waals surface area (Å²) in [4.78, 5) is 28.2. The van der Waals surface area contributed by atoms with Crippen LogP contribution in [0, 0.1) is 6.92 Å². The molecule has 186 valence electrons. The van der Waals surface area contributed by atoms with Crippen LogP contribution in [0.15, 0.2) is 66.2 Å². The van der Waals surface area contributed by atoms with Gasteiger partial charge in [-0.2, -0.15) is 0 Å². The lowest BCUT2D eigenvalue weighted by molar-refractivity contribution is -0.132. The maximum atomic E-state index is 13.5. The van der Waals surface area contributed by atoms with E-state index in [0.717, 1.165) is 5.56 Å². The molecule has 2 N–H and O–H groups in total. The molecular formula is C29H29NO6. The fraction of sp³-hybridized carbons (Fsp3) is 0.241. The summed E-state index contributed by atoms with van der Waals surface area (Å²) in [7, 11) is 3.10. The van der Waals surface area contributed by atoms with Crippen molar-refractivity contribution >= 4 is 23.1 Å². The van der Waals surface area contributed by atoms with Crippen LogP contribution in [0.5, 0.6) is 17.2 Å². The van der Waals surface area contributed by atoms with Gasteiger partial charge in [-0.25, -0.2) is 0 Å². The first-order chi connectivity index (χ1) is 17.2. The molecule has 1 aliphatic heterocycles. The summed E-state index contributed by atoms with van der Waals surface area (Å²) in [6.07, 6.45) is 0. The number of phenolic OH excluding ortho intramolecular Hbond substituents is 1. The number of amides is 1. The Balaban J connectivity index is 1.99. The molecule has 0 aliphatic carbocycles. The number of phenols is 1. The van der Waals surface area contributed by atoms with Crippen molar-refractivity contribution < 1.29 is 29.3 Å². The van der Waals surface area contributed by atoms with Gasteiger partial charge in [0.15, 0.2) is 0 Å². The van der Waals surface area contributed by atoms with Crippen LogP contribution in [-0.2, 0) is 9.59 Å². The number of aliphatic hydroxyl groups is 1. The summed E-state index contributed by atoms with van der Waals surface area (Å²) in [5.74, 6) is -0.621. The Morgan fingerprint density at radius 2 is 1.69 bits per heavy atom. The first-order valence-corrected chi connectivity index (χ1v) is 11.6. The second-order valence-electron chi connectivity index (χ2n) is 9.03. The van der Waals surface area contributed by atoms with E-state index in [9.17, 15) is 19.8 Å². The van der Waals surface area contributed by atoms with E-state index in [4.69, 9.17) is 9.47 Å². The molecule has 7 heteroatoms. The molecular weight excluding hydrogens is 458 g/mol. The second kappa shape index (κ2) is 9.77. The molecule has 3 aromatic carbocycles. The van der Waals surface area contributed by atoms with Crippen LogP contribution in [0.3, 0.4) is 0 Å². The highest BCUT2D eigenvalue weighted by Gasteiger charge is 2.47. The van der Waals surface area contributed by atoms with Gasteiger partial charge in [-0.3, -0.25) is 14.5 Å². The van der Waals surface area contributed by atoms with Gasteiger partial charge < -0.3 is 19.7 Å². The number of carbonyl (C=O) groups is 2. The number of ketones is 1. The van der Waals surface area contributed by atoms with Crippen molar-refractivity contribution in [1.82, 2.24) is 0 Å². The van der Waals surface area contributed by atoms with Gasteiger partial charge in [0.05, 0.1) is 25.8 Å². The molecule has 0 saturated carbocycles. The molecule has 36 heavy (non-hydrogen) atoms. The summed E-state index contributed by atoms with van der Waals surface area (Å²) in [6, 6.07) is 15.8. The predicted octanol–water partition coefficient (Wildman–Crippen LogP) is 5.47. The number of anilines is 1. The molecule has 0 aromatic heterocycles. The number of carbonyl (C=O) groups excluding carboxylic acids is 2. The Labute approximate surface area is 210 Å². The minimum absolute atomic E-state index is 0.0218. The van der Waals surface area contributed by atoms with Crippen molar-refractivity contribution in [2.75, 3.05) is 19.1 Å². The average molecular weight is 488 g/mol. The van der Waals surface area contributed by atoms with E-state index < -0.39 is 17.7 Å². The molecule has 3 aromatic rings. The van der Waals surface area contributed by atoms with Crippen molar-refractivity contribution in [3.63, 3.8) is 0 Å². The second-order valence-corrected chi connectivity index (χ2v) is 9.03. The molecule has 1 heterocycles. The van der Waals surface area contributed by atoms with Gasteiger partial charge in [0.2, 0.25) is 0 Å². The number of Topliss-reactive ketones (excluding diaryl/α,β-unsaturated/α-hetero) is 1. The van der Waals surface area contributed by atoms with E-state index >= 15 is 0 Å². The number of hydrogen-bond donors (Lipinski definition) is 2. The molecule has 1 saturated heterocycles. The topological polar surface area (TPSA) is 96.3 Å². The van der Waals surface area contributed by atoms with Gasteiger partial charge in [0.1, 0.15) is 23.0 Å². The predicted molar refractivity (Wildman–Crippen MR) is 138 cm³/mol. The maximum absolute atomic E-state index is 13.5. The number of methoxy groups -OCH3 is 2. The zero-order chi connectivity index (χ0) is 26.1. The minimum atomic E-state index is -0.965. The number of aliphatic hydroxyl groups excluding tert-OH is 1. The molecule has 1 atom stereocenters. The zero-order valence-electron chi connectivity index (χ0n) is 20.9. The summed E-state index contributed by atoms with van der Waals surface area (Å²) in [5.41, 5.74) is 2.84. The first-order valence-electron chi connectivity index (χ1n) is 11.6. The third-order valence-electron chi connectivity index (χ3n) is 6.42. The highest BCUT2D eigenvalue weighted by Crippen LogP contribution is 2.44. The average Bonchev–Trinajstić information content (AvgIpc) is 3.13. The number of aryl methyl sites for hydroxylation is 1. The summed E-state index contributed by atoms with van der Waals surface area (Å²) < 4.78 is 10.8. The highest BCUT2D eigenvalue weighted by atomic mass is 16.5. The van der Waals surface area contributed by atoms with Gasteiger partial charge in [-0.05, 0) is 65.9 Å². The number of benzene rings is 3. The number of nitrogens with zero attached hydrogens (tertiary/aromatic N) is 1. The SMILES string of the molecule is COc1cccc(N2C(=O)C(=O)/C(=C(/O)c3cc(C(C)C)c(OC)cc3C)C2c2cccc(O)c2)c1. The van der Waals surface area contributed by atoms with Crippen molar-refractivity contribution in [3.8, 4) is 17.2 Å². The van der Waals surface area contributed by atoms with Crippen LogP contribution in [0.1, 0.15) is 48.1 Å². The standard InChI is InChI=1S/C29H29NO6/c1-16(2)22-15-23(17(3)12-24(22)36-5)27(32)25-26(18-8-6-10-20(31)13-18)30(29(34)28(25)33)19-9-7-11-21(14-19)35-4/h6-16,26,31-32H,1-5H3/b27-25+. The number of rotatable bonds is 6. The van der Waals surface area contributed by atoms with Gasteiger partial charge >= 0.3 is 0 Å². The molecule has 1 aliphatic rings. The monoisotopic (exact) mass is 487 g/mol. The van der Waals surface area contributed by atoms with E-state index in [1.54, 1.807) is 49.6 Å². The highest BCUT2D eigenvalue weighted by molar-refractivity contribution is 6.51. The molecule has 1 unspecified atom stereocenters. The van der Waals surface area contributed by atoms with Gasteiger partial charge in [0, 0.05) is 17.3 Å². The van der Waals surface area contributed by atoms with E-state index in [1.165, 1.54) is 24.1 Å². The van der Waals surface area contributed by atoms with Gasteiger partial charge in [-0.1, -0.05) is 32.0 Å². The Hall–Kier alpha value is -4.26. The third-order valence-corrected chi connectivity index (χ3v) is 6.42. The molecule has 1 amide bonds. The third kappa shape index (κ3) is 4.28. The Kier molecular flexibility index (Phi) is 6.75. The lowest BCUT2D eigenvalue weighted by Crippen LogP contribution is -2.29. The zero-order valence-corrected chi connectivity index (χ0v) is 20.9. The smallest absolute Gasteiger partial charge is 0.300 e. The number of aromatic hydroxyl groups is 1. The van der Waals surface area contributed by atoms with Gasteiger partial charge in [-0.15, -0.1) is 0 Å². The van der Waals surface area contributed by atoms with Crippen LogP contribution in [0.4, 0.5) is 5.69 Å². The van der Waals surface area contributed by atoms with Crippen molar-refractivity contribution in [2.45, 2.75) is 32.7 Å². The fourth-order valence-electron chi connectivity index (χ4n) is 4.60. The molecule has 1 fully saturated rings. The van der Waals surface area contributed by atoms with E-state index in [2.05, 4.69) is 0 Å². The minimum Gasteiger partial charge on any atom is -0.508 e. The van der Waals surface area contributed by atoms with Crippen LogP contribution in [0.25, 0.3) is 5.76 Å². The van der Waals surface area contributed by atoms with Crippen LogP contribution < -0.4 is 14.4 Å². The Bertz CT molecular complexity index is 1370. The largest absolute Gasteiger partial charge is 0.508 e.